The van der Waals surface area contributed by atoms with E-state index in [0.29, 0.717) is 5.56 Å². The molecule has 0 atom stereocenters. The molecule has 1 heterocycles. The highest BCUT2D eigenvalue weighted by Gasteiger charge is 2.18. The van der Waals surface area contributed by atoms with E-state index in [0.717, 1.165) is 22.4 Å². The van der Waals surface area contributed by atoms with E-state index < -0.39 is 0 Å². The van der Waals surface area contributed by atoms with Crippen LogP contribution in [0.4, 0.5) is 4.39 Å². The number of carbonyl (C=O) groups excluding carboxylic acids is 1. The van der Waals surface area contributed by atoms with Crippen molar-refractivity contribution in [3.8, 4) is 22.4 Å². The summed E-state index contributed by atoms with van der Waals surface area (Å²) in [6.45, 7) is 9.97. The Hall–Kier alpha value is -2.95. The highest BCUT2D eigenvalue weighted by atomic mass is 19.1. The summed E-state index contributed by atoms with van der Waals surface area (Å²) >= 11 is 0. The molecule has 28 heavy (non-hydrogen) atoms. The maximum Gasteiger partial charge on any atom is 0.251 e. The second-order valence-electron chi connectivity index (χ2n) is 8.26. The smallest absolute Gasteiger partial charge is 0.251 e. The Morgan fingerprint density at radius 3 is 2.25 bits per heavy atom. The lowest BCUT2D eigenvalue weighted by molar-refractivity contribution is 0.0919. The first kappa shape index (κ1) is 19.8. The van der Waals surface area contributed by atoms with Crippen molar-refractivity contribution in [3.63, 3.8) is 0 Å². The normalized spacial score (nSPS) is 11.7. The second-order valence-corrected chi connectivity index (χ2v) is 8.26. The van der Waals surface area contributed by atoms with Crippen molar-refractivity contribution in [1.82, 2.24) is 15.1 Å². The minimum Gasteiger partial charge on any atom is -0.347 e. The van der Waals surface area contributed by atoms with E-state index in [9.17, 15) is 9.18 Å². The van der Waals surface area contributed by atoms with E-state index in [4.69, 9.17) is 0 Å². The molecule has 0 aliphatic heterocycles. The molecular formula is C23H26FN3O. The minimum atomic E-state index is -0.344. The zero-order chi connectivity index (χ0) is 20.5. The van der Waals surface area contributed by atoms with E-state index in [-0.39, 0.29) is 23.3 Å². The van der Waals surface area contributed by atoms with Crippen LogP contribution < -0.4 is 5.32 Å². The third-order valence-electron chi connectivity index (χ3n) is 4.32. The summed E-state index contributed by atoms with van der Waals surface area (Å²) in [5.41, 5.74) is 3.75. The SMILES string of the molecule is CC(C)n1nccc1-c1cc(C(=O)NC(C)(C)C)cc(-c2ccc(F)cc2)c1. The average Bonchev–Trinajstić information content (AvgIpc) is 3.10. The van der Waals surface area contributed by atoms with Crippen LogP contribution in [0.1, 0.15) is 51.0 Å². The van der Waals surface area contributed by atoms with Gasteiger partial charge < -0.3 is 5.32 Å². The topological polar surface area (TPSA) is 46.9 Å². The molecular weight excluding hydrogens is 353 g/mol. The monoisotopic (exact) mass is 379 g/mol. The molecule has 0 unspecified atom stereocenters. The van der Waals surface area contributed by atoms with Gasteiger partial charge in [-0.25, -0.2) is 4.39 Å². The van der Waals surface area contributed by atoms with Gasteiger partial charge in [0.2, 0.25) is 0 Å². The maximum absolute atomic E-state index is 13.4. The maximum atomic E-state index is 13.4. The van der Waals surface area contributed by atoms with Crippen LogP contribution in [0.25, 0.3) is 22.4 Å². The van der Waals surface area contributed by atoms with Gasteiger partial charge in [0.05, 0.1) is 5.69 Å². The van der Waals surface area contributed by atoms with Gasteiger partial charge >= 0.3 is 0 Å². The van der Waals surface area contributed by atoms with E-state index in [1.807, 2.05) is 49.7 Å². The van der Waals surface area contributed by atoms with Crippen molar-refractivity contribution >= 4 is 5.91 Å². The molecule has 0 fully saturated rings. The summed E-state index contributed by atoms with van der Waals surface area (Å²) < 4.78 is 15.3. The summed E-state index contributed by atoms with van der Waals surface area (Å²) in [6, 6.07) is 14.2. The Morgan fingerprint density at radius 1 is 1.00 bits per heavy atom. The lowest BCUT2D eigenvalue weighted by Crippen LogP contribution is -2.40. The van der Waals surface area contributed by atoms with Gasteiger partial charge in [0.25, 0.3) is 5.91 Å². The van der Waals surface area contributed by atoms with Gasteiger partial charge in [0.15, 0.2) is 0 Å². The number of carbonyl (C=O) groups is 1. The van der Waals surface area contributed by atoms with E-state index in [1.165, 1.54) is 12.1 Å². The Morgan fingerprint density at radius 2 is 1.64 bits per heavy atom. The van der Waals surface area contributed by atoms with Crippen molar-refractivity contribution in [2.45, 2.75) is 46.2 Å². The highest BCUT2D eigenvalue weighted by molar-refractivity contribution is 5.97. The van der Waals surface area contributed by atoms with Gasteiger partial charge in [-0.3, -0.25) is 9.48 Å². The zero-order valence-electron chi connectivity index (χ0n) is 17.0. The van der Waals surface area contributed by atoms with Crippen molar-refractivity contribution in [3.05, 3.63) is 66.1 Å². The Kier molecular flexibility index (Phi) is 5.36. The molecule has 0 saturated carbocycles. The molecule has 5 heteroatoms. The third kappa shape index (κ3) is 4.47. The molecule has 146 valence electrons. The molecule has 1 amide bonds. The van der Waals surface area contributed by atoms with Crippen LogP contribution in [0.2, 0.25) is 0 Å². The Balaban J connectivity index is 2.15. The van der Waals surface area contributed by atoms with Crippen molar-refractivity contribution in [1.29, 1.82) is 0 Å². The van der Waals surface area contributed by atoms with Gasteiger partial charge in [-0.05, 0) is 82.1 Å². The number of nitrogens with one attached hydrogen (secondary N) is 1. The summed E-state index contributed by atoms with van der Waals surface area (Å²) in [6.07, 6.45) is 1.76. The molecule has 1 N–H and O–H groups in total. The number of benzene rings is 2. The Bertz CT molecular complexity index is 982. The number of hydrogen-bond donors (Lipinski definition) is 1. The molecule has 0 saturated heterocycles. The van der Waals surface area contributed by atoms with E-state index >= 15 is 0 Å². The first-order chi connectivity index (χ1) is 13.1. The van der Waals surface area contributed by atoms with Crippen LogP contribution in [0.3, 0.4) is 0 Å². The summed E-state index contributed by atoms with van der Waals surface area (Å²) in [5, 5.41) is 7.42. The number of nitrogens with zero attached hydrogens (tertiary/aromatic N) is 2. The quantitative estimate of drug-likeness (QED) is 0.654. The standard InChI is InChI=1S/C23H26FN3O/c1-15(2)27-21(10-11-25-27)18-12-17(16-6-8-20(24)9-7-16)13-19(14-18)22(28)26-23(3,4)5/h6-15H,1-5H3,(H,26,28). The number of hydrogen-bond acceptors (Lipinski definition) is 2. The van der Waals surface area contributed by atoms with Gasteiger partial charge in [0, 0.05) is 28.9 Å². The van der Waals surface area contributed by atoms with Crippen LogP contribution in [-0.4, -0.2) is 21.2 Å². The number of aromatic nitrogens is 2. The number of rotatable bonds is 4. The van der Waals surface area contributed by atoms with Crippen LogP contribution in [0, 0.1) is 5.82 Å². The number of halogens is 1. The van der Waals surface area contributed by atoms with Crippen LogP contribution in [0.15, 0.2) is 54.7 Å². The molecule has 0 spiro atoms. The predicted octanol–water partition coefficient (Wildman–Crippen LogP) is 5.47. The zero-order valence-corrected chi connectivity index (χ0v) is 17.0. The second kappa shape index (κ2) is 7.58. The summed E-state index contributed by atoms with van der Waals surface area (Å²) in [5.74, 6) is -0.434. The minimum absolute atomic E-state index is 0.145. The van der Waals surface area contributed by atoms with Crippen molar-refractivity contribution in [2.75, 3.05) is 0 Å². The lowest BCUT2D eigenvalue weighted by Gasteiger charge is -2.21. The van der Waals surface area contributed by atoms with Crippen molar-refractivity contribution in [2.24, 2.45) is 0 Å². The summed E-state index contributed by atoms with van der Waals surface area (Å²) in [7, 11) is 0. The molecule has 1 aromatic heterocycles. The van der Waals surface area contributed by atoms with E-state index in [2.05, 4.69) is 24.3 Å². The fraction of sp³-hybridized carbons (Fsp3) is 0.304. The van der Waals surface area contributed by atoms with Gasteiger partial charge in [-0.15, -0.1) is 0 Å². The molecule has 0 radical (unpaired) electrons. The van der Waals surface area contributed by atoms with Gasteiger partial charge in [-0.1, -0.05) is 12.1 Å². The van der Waals surface area contributed by atoms with Crippen LogP contribution in [0.5, 0.6) is 0 Å². The average molecular weight is 379 g/mol. The van der Waals surface area contributed by atoms with Gasteiger partial charge in [0.1, 0.15) is 5.82 Å². The molecule has 0 aliphatic carbocycles. The fourth-order valence-electron chi connectivity index (χ4n) is 3.08. The molecule has 2 aromatic carbocycles. The molecule has 3 rings (SSSR count). The van der Waals surface area contributed by atoms with Crippen LogP contribution in [-0.2, 0) is 0 Å². The largest absolute Gasteiger partial charge is 0.347 e. The number of amides is 1. The van der Waals surface area contributed by atoms with E-state index in [1.54, 1.807) is 18.3 Å². The van der Waals surface area contributed by atoms with Gasteiger partial charge in [-0.2, -0.15) is 5.10 Å². The van der Waals surface area contributed by atoms with Crippen LogP contribution >= 0.6 is 0 Å². The lowest BCUT2D eigenvalue weighted by atomic mass is 9.97. The molecule has 4 nitrogen and oxygen atoms in total. The highest BCUT2D eigenvalue weighted by Crippen LogP contribution is 2.30. The predicted molar refractivity (Wildman–Crippen MR) is 111 cm³/mol. The van der Waals surface area contributed by atoms with Crippen molar-refractivity contribution < 1.29 is 9.18 Å². The molecule has 0 aliphatic rings. The molecule has 0 bridgehead atoms. The Labute approximate surface area is 165 Å². The summed E-state index contributed by atoms with van der Waals surface area (Å²) in [4.78, 5) is 12.8. The first-order valence-electron chi connectivity index (χ1n) is 9.41. The third-order valence-corrected chi connectivity index (χ3v) is 4.32. The molecule has 3 aromatic rings. The fourth-order valence-corrected chi connectivity index (χ4v) is 3.08. The first-order valence-corrected chi connectivity index (χ1v) is 9.41.